The Balaban J connectivity index is 2.49. The number of anilines is 1. The Hall–Kier alpha value is -1.40. The van der Waals surface area contributed by atoms with Crippen LogP contribution >= 0.6 is 0 Å². The number of nitrogens with two attached hydrogens (primary N) is 1. The summed E-state index contributed by atoms with van der Waals surface area (Å²) in [5.41, 5.74) is 5.26. The van der Waals surface area contributed by atoms with E-state index in [1.54, 1.807) is 0 Å². The number of aliphatic hydroxyl groups is 1. The van der Waals surface area contributed by atoms with Gasteiger partial charge in [0.1, 0.15) is 11.5 Å². The molecule has 6 heteroatoms. The lowest BCUT2D eigenvalue weighted by atomic mass is 10.2. The summed E-state index contributed by atoms with van der Waals surface area (Å²) < 4.78 is 6.23. The van der Waals surface area contributed by atoms with Gasteiger partial charge in [-0.1, -0.05) is 0 Å². The van der Waals surface area contributed by atoms with Crippen molar-refractivity contribution in [2.24, 2.45) is 0 Å². The number of aromatic nitrogens is 2. The van der Waals surface area contributed by atoms with Gasteiger partial charge in [0.15, 0.2) is 6.29 Å². The summed E-state index contributed by atoms with van der Waals surface area (Å²) >= 11 is 0. The first-order chi connectivity index (χ1) is 7.15. The number of aliphatic hydroxyl groups excluding tert-OH is 1. The maximum Gasteiger partial charge on any atom is 0.277 e. The number of fused-ring (bicyclic) bond motifs is 1. The third-order valence-corrected chi connectivity index (χ3v) is 2.66. The number of hydrogen-bond acceptors (Lipinski definition) is 5. The summed E-state index contributed by atoms with van der Waals surface area (Å²) in [6.45, 7) is 0. The van der Waals surface area contributed by atoms with Crippen molar-refractivity contribution in [3.63, 3.8) is 0 Å². The predicted octanol–water partition coefficient (Wildman–Crippen LogP) is -0.722. The molecule has 0 bridgehead atoms. The fraction of sp³-hybridized carbons (Fsp3) is 0.556. The molecule has 1 aliphatic heterocycles. The average molecular weight is 211 g/mol. The molecule has 1 aromatic heterocycles. The van der Waals surface area contributed by atoms with E-state index in [4.69, 9.17) is 10.5 Å². The van der Waals surface area contributed by atoms with Crippen LogP contribution in [-0.2, 0) is 11.2 Å². The van der Waals surface area contributed by atoms with Crippen LogP contribution < -0.4 is 11.3 Å². The quantitative estimate of drug-likeness (QED) is 0.630. The second kappa shape index (κ2) is 3.63. The number of aryl methyl sites for hydroxylation is 1. The third-order valence-electron chi connectivity index (χ3n) is 2.66. The lowest BCUT2D eigenvalue weighted by Crippen LogP contribution is -2.32. The number of hydrogen-bond donors (Lipinski definition) is 2. The zero-order valence-corrected chi connectivity index (χ0v) is 8.38. The molecule has 2 heterocycles. The van der Waals surface area contributed by atoms with Gasteiger partial charge < -0.3 is 15.6 Å². The first-order valence-electron chi connectivity index (χ1n) is 4.72. The molecule has 6 nitrogen and oxygen atoms in total. The normalized spacial score (nSPS) is 21.3. The standard InChI is InChI=1S/C9H13N3O3/c1-15-9(14)6-2-3-7-11-4-5(10)8(13)12(6)7/h4,6,9,14H,2-3,10H2,1H3/t6-,9?/m0/s1. The molecular formula is C9H13N3O3. The van der Waals surface area contributed by atoms with E-state index < -0.39 is 6.29 Å². The number of ether oxygens (including phenoxy) is 1. The molecule has 15 heavy (non-hydrogen) atoms. The molecule has 1 aromatic rings. The van der Waals surface area contributed by atoms with Gasteiger partial charge in [-0.3, -0.25) is 9.36 Å². The third kappa shape index (κ3) is 1.51. The minimum absolute atomic E-state index is 0.0916. The molecule has 0 spiro atoms. The van der Waals surface area contributed by atoms with E-state index >= 15 is 0 Å². The van der Waals surface area contributed by atoms with Gasteiger partial charge in [-0.15, -0.1) is 0 Å². The number of methoxy groups -OCH3 is 1. The fourth-order valence-corrected chi connectivity index (χ4v) is 1.88. The van der Waals surface area contributed by atoms with Gasteiger partial charge in [-0.05, 0) is 6.42 Å². The first-order valence-corrected chi connectivity index (χ1v) is 4.72. The van der Waals surface area contributed by atoms with Crippen molar-refractivity contribution in [1.82, 2.24) is 9.55 Å². The molecule has 0 saturated heterocycles. The highest BCUT2D eigenvalue weighted by atomic mass is 16.6. The summed E-state index contributed by atoms with van der Waals surface area (Å²) in [6.07, 6.45) is 1.66. The highest BCUT2D eigenvalue weighted by Gasteiger charge is 2.30. The summed E-state index contributed by atoms with van der Waals surface area (Å²) in [4.78, 5) is 15.8. The molecule has 82 valence electrons. The van der Waals surface area contributed by atoms with Crippen molar-refractivity contribution in [2.75, 3.05) is 12.8 Å². The Bertz CT molecular complexity index is 429. The number of rotatable bonds is 2. The van der Waals surface area contributed by atoms with Crippen LogP contribution in [0, 0.1) is 0 Å². The summed E-state index contributed by atoms with van der Waals surface area (Å²) in [7, 11) is 1.40. The second-order valence-electron chi connectivity index (χ2n) is 3.54. The number of nitrogens with zero attached hydrogens (tertiary/aromatic N) is 2. The van der Waals surface area contributed by atoms with Gasteiger partial charge in [0, 0.05) is 13.5 Å². The molecule has 0 saturated carbocycles. The van der Waals surface area contributed by atoms with Crippen LogP contribution in [0.15, 0.2) is 11.0 Å². The minimum Gasteiger partial charge on any atom is -0.393 e. The first kappa shape index (κ1) is 10.1. The monoisotopic (exact) mass is 211 g/mol. The molecule has 1 aliphatic rings. The van der Waals surface area contributed by atoms with E-state index in [2.05, 4.69) is 4.98 Å². The maximum absolute atomic E-state index is 11.7. The molecule has 0 aromatic carbocycles. The summed E-state index contributed by atoms with van der Waals surface area (Å²) in [6, 6.07) is -0.381. The molecule has 2 atom stereocenters. The van der Waals surface area contributed by atoms with E-state index in [0.717, 1.165) is 0 Å². The molecule has 0 fully saturated rings. The van der Waals surface area contributed by atoms with Crippen LogP contribution in [0.4, 0.5) is 5.69 Å². The van der Waals surface area contributed by atoms with E-state index in [-0.39, 0.29) is 17.3 Å². The summed E-state index contributed by atoms with van der Waals surface area (Å²) in [5.74, 6) is 0.648. The van der Waals surface area contributed by atoms with E-state index in [1.807, 2.05) is 0 Å². The minimum atomic E-state index is -0.993. The van der Waals surface area contributed by atoms with Crippen LogP contribution in [0.3, 0.4) is 0 Å². The second-order valence-corrected chi connectivity index (χ2v) is 3.54. The smallest absolute Gasteiger partial charge is 0.277 e. The van der Waals surface area contributed by atoms with E-state index in [0.29, 0.717) is 18.7 Å². The van der Waals surface area contributed by atoms with Crippen LogP contribution in [0.1, 0.15) is 18.3 Å². The SMILES string of the molecule is COC(O)[C@@H]1CCc2ncc(N)c(=O)n21. The summed E-state index contributed by atoms with van der Waals surface area (Å²) in [5, 5.41) is 9.57. The van der Waals surface area contributed by atoms with Crippen molar-refractivity contribution in [1.29, 1.82) is 0 Å². The Morgan fingerprint density at radius 1 is 1.80 bits per heavy atom. The molecule has 1 unspecified atom stereocenters. The zero-order valence-electron chi connectivity index (χ0n) is 8.38. The average Bonchev–Trinajstić information content (AvgIpc) is 2.67. The predicted molar refractivity (Wildman–Crippen MR) is 53.3 cm³/mol. The molecule has 3 N–H and O–H groups in total. The lowest BCUT2D eigenvalue weighted by molar-refractivity contribution is -0.106. The Kier molecular flexibility index (Phi) is 2.45. The van der Waals surface area contributed by atoms with Gasteiger partial charge in [-0.25, -0.2) is 4.98 Å². The van der Waals surface area contributed by atoms with Crippen molar-refractivity contribution >= 4 is 5.69 Å². The van der Waals surface area contributed by atoms with Crippen molar-refractivity contribution in [2.45, 2.75) is 25.2 Å². The lowest BCUT2D eigenvalue weighted by Gasteiger charge is -2.18. The van der Waals surface area contributed by atoms with Crippen molar-refractivity contribution in [3.8, 4) is 0 Å². The van der Waals surface area contributed by atoms with Gasteiger partial charge in [0.2, 0.25) is 0 Å². The Morgan fingerprint density at radius 2 is 2.53 bits per heavy atom. The number of nitrogen functional groups attached to an aromatic ring is 1. The fourth-order valence-electron chi connectivity index (χ4n) is 1.88. The Morgan fingerprint density at radius 3 is 3.20 bits per heavy atom. The van der Waals surface area contributed by atoms with Crippen LogP contribution in [-0.4, -0.2) is 28.1 Å². The zero-order chi connectivity index (χ0) is 11.0. The highest BCUT2D eigenvalue weighted by molar-refractivity contribution is 5.32. The molecule has 2 rings (SSSR count). The largest absolute Gasteiger partial charge is 0.393 e. The van der Waals surface area contributed by atoms with Gasteiger partial charge in [-0.2, -0.15) is 0 Å². The van der Waals surface area contributed by atoms with Crippen molar-refractivity contribution < 1.29 is 9.84 Å². The van der Waals surface area contributed by atoms with Gasteiger partial charge in [0.05, 0.1) is 12.2 Å². The van der Waals surface area contributed by atoms with E-state index in [1.165, 1.54) is 17.9 Å². The van der Waals surface area contributed by atoms with Crippen molar-refractivity contribution in [3.05, 3.63) is 22.4 Å². The topological polar surface area (TPSA) is 90.4 Å². The molecule has 0 amide bonds. The Labute approximate surface area is 86.3 Å². The van der Waals surface area contributed by atoms with Crippen LogP contribution in [0.5, 0.6) is 0 Å². The van der Waals surface area contributed by atoms with Gasteiger partial charge >= 0.3 is 0 Å². The van der Waals surface area contributed by atoms with Gasteiger partial charge in [0.25, 0.3) is 5.56 Å². The van der Waals surface area contributed by atoms with Crippen LogP contribution in [0.25, 0.3) is 0 Å². The van der Waals surface area contributed by atoms with Crippen LogP contribution in [0.2, 0.25) is 0 Å². The highest BCUT2D eigenvalue weighted by Crippen LogP contribution is 2.25. The van der Waals surface area contributed by atoms with E-state index in [9.17, 15) is 9.90 Å². The molecule has 0 radical (unpaired) electrons. The maximum atomic E-state index is 11.7. The molecular weight excluding hydrogens is 198 g/mol. The molecule has 0 aliphatic carbocycles.